The Labute approximate surface area is 167 Å². The van der Waals surface area contributed by atoms with Gasteiger partial charge in [0.05, 0.1) is 21.3 Å². The Morgan fingerprint density at radius 3 is 2.23 bits per heavy atom. The molecule has 0 saturated heterocycles. The van der Waals surface area contributed by atoms with Gasteiger partial charge in [0.15, 0.2) is 5.16 Å². The van der Waals surface area contributed by atoms with Gasteiger partial charge < -0.3 is 0 Å². The van der Waals surface area contributed by atoms with Crippen LogP contribution in [0.1, 0.15) is 13.8 Å². The van der Waals surface area contributed by atoms with Crippen LogP contribution in [0, 0.1) is 0 Å². The van der Waals surface area contributed by atoms with Gasteiger partial charge in [0, 0.05) is 25.0 Å². The van der Waals surface area contributed by atoms with Crippen LogP contribution in [-0.2, 0) is 7.05 Å². The quantitative estimate of drug-likeness (QED) is 0.420. The van der Waals surface area contributed by atoms with E-state index < -0.39 is 0 Å². The van der Waals surface area contributed by atoms with Crippen LogP contribution < -0.4 is 5.56 Å². The standard InChI is InChI=1S/C17H13Cl2N3OS.C2H6/c1-22-16(23)14(11-3-4-12(18)13(19)9-11)15(21-17(22)24-2)10-5-7-20-8-6-10;1-2/h3-9H,1-2H3;1-2H3. The number of hydrogen-bond donors (Lipinski definition) is 0. The average Bonchev–Trinajstić information content (AvgIpc) is 2.68. The van der Waals surface area contributed by atoms with Gasteiger partial charge in [0.1, 0.15) is 0 Å². The van der Waals surface area contributed by atoms with Crippen LogP contribution in [0.2, 0.25) is 10.0 Å². The highest BCUT2D eigenvalue weighted by atomic mass is 35.5. The molecule has 0 saturated carbocycles. The number of rotatable bonds is 3. The molecule has 0 amide bonds. The zero-order valence-corrected chi connectivity index (χ0v) is 17.3. The van der Waals surface area contributed by atoms with Crippen LogP contribution in [0.5, 0.6) is 0 Å². The molecule has 2 aromatic heterocycles. The van der Waals surface area contributed by atoms with Gasteiger partial charge in [-0.2, -0.15) is 0 Å². The van der Waals surface area contributed by atoms with Crippen molar-refractivity contribution in [1.29, 1.82) is 0 Å². The maximum atomic E-state index is 13.0. The summed E-state index contributed by atoms with van der Waals surface area (Å²) in [5.41, 5.74) is 2.44. The smallest absolute Gasteiger partial charge is 0.262 e. The Balaban J connectivity index is 0.00000117. The van der Waals surface area contributed by atoms with Gasteiger partial charge >= 0.3 is 0 Å². The lowest BCUT2D eigenvalue weighted by Crippen LogP contribution is -2.22. The van der Waals surface area contributed by atoms with Crippen molar-refractivity contribution in [3.05, 3.63) is 63.1 Å². The molecule has 0 N–H and O–H groups in total. The summed E-state index contributed by atoms with van der Waals surface area (Å²) < 4.78 is 1.53. The predicted octanol–water partition coefficient (Wildman–Crippen LogP) is 5.56. The number of halogens is 2. The van der Waals surface area contributed by atoms with Crippen molar-refractivity contribution >= 4 is 35.0 Å². The number of aromatic nitrogens is 3. The molecule has 3 rings (SSSR count). The van der Waals surface area contributed by atoms with E-state index in [1.54, 1.807) is 37.6 Å². The summed E-state index contributed by atoms with van der Waals surface area (Å²) in [6.07, 6.45) is 5.23. The molecule has 0 aliphatic carbocycles. The highest BCUT2D eigenvalue weighted by molar-refractivity contribution is 7.98. The third-order valence-corrected chi connectivity index (χ3v) is 5.06. The van der Waals surface area contributed by atoms with Gasteiger partial charge in [-0.05, 0) is 36.1 Å². The highest BCUT2D eigenvalue weighted by Gasteiger charge is 2.18. The van der Waals surface area contributed by atoms with Crippen LogP contribution in [0.3, 0.4) is 0 Å². The van der Waals surface area contributed by atoms with E-state index in [0.29, 0.717) is 32.0 Å². The number of hydrogen-bond acceptors (Lipinski definition) is 4. The topological polar surface area (TPSA) is 47.8 Å². The minimum atomic E-state index is -0.139. The zero-order chi connectivity index (χ0) is 19.3. The first-order valence-corrected chi connectivity index (χ1v) is 10.0. The van der Waals surface area contributed by atoms with Gasteiger partial charge in [0.2, 0.25) is 0 Å². The fourth-order valence-electron chi connectivity index (χ4n) is 2.40. The Bertz CT molecular complexity index is 959. The monoisotopic (exact) mass is 407 g/mol. The third-order valence-electron chi connectivity index (χ3n) is 3.59. The van der Waals surface area contributed by atoms with Gasteiger partial charge in [0.25, 0.3) is 5.56 Å². The molecule has 0 bridgehead atoms. The van der Waals surface area contributed by atoms with E-state index in [4.69, 9.17) is 23.2 Å². The van der Waals surface area contributed by atoms with Gasteiger partial charge in [-0.1, -0.05) is 54.9 Å². The second kappa shape index (κ2) is 9.21. The SMILES string of the molecule is CC.CSc1nc(-c2ccncc2)c(-c2ccc(Cl)c(Cl)c2)c(=O)n1C. The average molecular weight is 408 g/mol. The fourth-order valence-corrected chi connectivity index (χ4v) is 3.23. The van der Waals surface area contributed by atoms with Crippen molar-refractivity contribution in [2.45, 2.75) is 19.0 Å². The Morgan fingerprint density at radius 1 is 1.00 bits per heavy atom. The maximum absolute atomic E-state index is 13.0. The summed E-state index contributed by atoms with van der Waals surface area (Å²) in [5, 5.41) is 1.47. The van der Waals surface area contributed by atoms with Crippen molar-refractivity contribution in [2.75, 3.05) is 6.26 Å². The van der Waals surface area contributed by atoms with E-state index in [9.17, 15) is 4.79 Å². The molecule has 0 fully saturated rings. The lowest BCUT2D eigenvalue weighted by Gasteiger charge is -2.14. The van der Waals surface area contributed by atoms with Gasteiger partial charge in [-0.3, -0.25) is 14.3 Å². The second-order valence-electron chi connectivity index (χ2n) is 5.05. The second-order valence-corrected chi connectivity index (χ2v) is 6.64. The van der Waals surface area contributed by atoms with Gasteiger partial charge in [-0.15, -0.1) is 0 Å². The first kappa shape index (κ1) is 20.5. The Kier molecular flexibility index (Phi) is 7.26. The minimum absolute atomic E-state index is 0.139. The Morgan fingerprint density at radius 2 is 1.65 bits per heavy atom. The molecule has 1 aromatic carbocycles. The van der Waals surface area contributed by atoms with Crippen LogP contribution in [0.25, 0.3) is 22.4 Å². The summed E-state index contributed by atoms with van der Waals surface area (Å²) in [6.45, 7) is 4.00. The molecule has 0 spiro atoms. The summed E-state index contributed by atoms with van der Waals surface area (Å²) in [6, 6.07) is 8.79. The molecule has 0 atom stereocenters. The molecule has 0 radical (unpaired) electrons. The molecule has 136 valence electrons. The summed E-state index contributed by atoms with van der Waals surface area (Å²) in [7, 11) is 1.71. The van der Waals surface area contributed by atoms with Crippen molar-refractivity contribution in [1.82, 2.24) is 14.5 Å². The first-order valence-electron chi connectivity index (χ1n) is 8.03. The molecular formula is C19H19Cl2N3OS. The molecule has 2 heterocycles. The highest BCUT2D eigenvalue weighted by Crippen LogP contribution is 2.32. The molecule has 26 heavy (non-hydrogen) atoms. The normalized spacial score (nSPS) is 10.2. The van der Waals surface area contributed by atoms with E-state index in [1.807, 2.05) is 32.2 Å². The minimum Gasteiger partial charge on any atom is -0.290 e. The van der Waals surface area contributed by atoms with E-state index >= 15 is 0 Å². The molecule has 4 nitrogen and oxygen atoms in total. The molecule has 3 aromatic rings. The van der Waals surface area contributed by atoms with Crippen molar-refractivity contribution in [3.8, 4) is 22.4 Å². The van der Waals surface area contributed by atoms with Gasteiger partial charge in [-0.25, -0.2) is 4.98 Å². The van der Waals surface area contributed by atoms with E-state index in [-0.39, 0.29) is 5.56 Å². The van der Waals surface area contributed by atoms with Crippen LogP contribution >= 0.6 is 35.0 Å². The molecule has 0 unspecified atom stereocenters. The predicted molar refractivity (Wildman–Crippen MR) is 111 cm³/mol. The third kappa shape index (κ3) is 4.11. The number of thioether (sulfide) groups is 1. The number of pyridine rings is 1. The summed E-state index contributed by atoms with van der Waals surface area (Å²) >= 11 is 13.6. The summed E-state index contributed by atoms with van der Waals surface area (Å²) in [5.74, 6) is 0. The lowest BCUT2D eigenvalue weighted by atomic mass is 10.0. The fraction of sp³-hybridized carbons (Fsp3) is 0.211. The van der Waals surface area contributed by atoms with Crippen molar-refractivity contribution in [2.24, 2.45) is 7.05 Å². The molecular weight excluding hydrogens is 389 g/mol. The maximum Gasteiger partial charge on any atom is 0.262 e. The van der Waals surface area contributed by atoms with Crippen LogP contribution in [0.15, 0.2) is 52.7 Å². The van der Waals surface area contributed by atoms with Crippen molar-refractivity contribution in [3.63, 3.8) is 0 Å². The van der Waals surface area contributed by atoms with Crippen LogP contribution in [-0.4, -0.2) is 20.8 Å². The van der Waals surface area contributed by atoms with Crippen LogP contribution in [0.4, 0.5) is 0 Å². The van der Waals surface area contributed by atoms with Crippen molar-refractivity contribution < 1.29 is 0 Å². The van der Waals surface area contributed by atoms with E-state index in [2.05, 4.69) is 9.97 Å². The number of benzene rings is 1. The molecule has 7 heteroatoms. The number of nitrogens with zero attached hydrogens (tertiary/aromatic N) is 3. The zero-order valence-electron chi connectivity index (χ0n) is 15.0. The largest absolute Gasteiger partial charge is 0.290 e. The summed E-state index contributed by atoms with van der Waals surface area (Å²) in [4.78, 5) is 21.7. The van der Waals surface area contributed by atoms with E-state index in [1.165, 1.54) is 16.3 Å². The van der Waals surface area contributed by atoms with E-state index in [0.717, 1.165) is 5.56 Å². The Hall–Kier alpha value is -1.82. The molecule has 0 aliphatic heterocycles. The lowest BCUT2D eigenvalue weighted by molar-refractivity contribution is 0.715. The first-order chi connectivity index (χ1) is 12.5. The molecule has 0 aliphatic rings.